The summed E-state index contributed by atoms with van der Waals surface area (Å²) < 4.78 is 41.5. The highest BCUT2D eigenvalue weighted by Gasteiger charge is 2.17. The molecule has 0 spiro atoms. The van der Waals surface area contributed by atoms with Crippen molar-refractivity contribution < 1.29 is 13.2 Å². The predicted molar refractivity (Wildman–Crippen MR) is 70.6 cm³/mol. The lowest BCUT2D eigenvalue weighted by Gasteiger charge is -2.08. The van der Waals surface area contributed by atoms with Crippen molar-refractivity contribution in [3.8, 4) is 0 Å². The molecule has 0 aliphatic heterocycles. The summed E-state index contributed by atoms with van der Waals surface area (Å²) in [5.74, 6) is -3.81. The number of halogens is 3. The van der Waals surface area contributed by atoms with Gasteiger partial charge in [0.05, 0.1) is 16.8 Å². The van der Waals surface area contributed by atoms with E-state index in [1.165, 1.54) is 6.33 Å². The fraction of sp³-hybridized carbons (Fsp3) is 0.154. The Labute approximate surface area is 117 Å². The first kappa shape index (κ1) is 13.3. The predicted octanol–water partition coefficient (Wildman–Crippen LogP) is 2.83. The van der Waals surface area contributed by atoms with Crippen molar-refractivity contribution in [1.29, 1.82) is 0 Å². The zero-order chi connectivity index (χ0) is 15.1. The minimum Gasteiger partial charge on any atom is -0.337 e. The molecule has 0 saturated heterocycles. The third-order valence-corrected chi connectivity index (χ3v) is 3.08. The number of benzene rings is 1. The summed E-state index contributed by atoms with van der Waals surface area (Å²) in [6.07, 6.45) is 1.28. The maximum absolute atomic E-state index is 13.7. The highest BCUT2D eigenvalue weighted by atomic mass is 19.2. The molecule has 0 bridgehead atoms. The second-order valence-corrected chi connectivity index (χ2v) is 4.48. The monoisotopic (exact) mass is 293 g/mol. The maximum atomic E-state index is 13.7. The molecule has 0 saturated carbocycles. The molecule has 2 heterocycles. The molecule has 2 aromatic heterocycles. The first-order valence-corrected chi connectivity index (χ1v) is 6.04. The highest BCUT2D eigenvalue weighted by molar-refractivity contribution is 5.90. The Morgan fingerprint density at radius 1 is 1.10 bits per heavy atom. The molecule has 3 rings (SSSR count). The number of rotatable bonds is 2. The maximum Gasteiger partial charge on any atom is 0.196 e. The summed E-state index contributed by atoms with van der Waals surface area (Å²) in [4.78, 5) is 8.09. The summed E-state index contributed by atoms with van der Waals surface area (Å²) in [6, 6.07) is 1.95. The van der Waals surface area contributed by atoms with Crippen LogP contribution >= 0.6 is 0 Å². The molecule has 1 N–H and O–H groups in total. The molecule has 1 aromatic carbocycles. The van der Waals surface area contributed by atoms with Gasteiger partial charge in [0, 0.05) is 7.05 Å². The van der Waals surface area contributed by atoms with Crippen LogP contribution in [0.15, 0.2) is 18.5 Å². The normalized spacial score (nSPS) is 11.1. The third-order valence-electron chi connectivity index (χ3n) is 3.08. The Morgan fingerprint density at radius 3 is 2.62 bits per heavy atom. The summed E-state index contributed by atoms with van der Waals surface area (Å²) in [5, 5.41) is 7.43. The van der Waals surface area contributed by atoms with Crippen LogP contribution in [-0.4, -0.2) is 19.7 Å². The molecular weight excluding hydrogens is 283 g/mol. The van der Waals surface area contributed by atoms with Crippen LogP contribution in [0.25, 0.3) is 11.0 Å². The van der Waals surface area contributed by atoms with Crippen molar-refractivity contribution in [2.24, 2.45) is 7.05 Å². The average Bonchev–Trinajstić information content (AvgIpc) is 2.76. The van der Waals surface area contributed by atoms with E-state index in [0.29, 0.717) is 16.7 Å². The van der Waals surface area contributed by atoms with Crippen molar-refractivity contribution in [3.63, 3.8) is 0 Å². The van der Waals surface area contributed by atoms with E-state index < -0.39 is 17.5 Å². The van der Waals surface area contributed by atoms with Crippen molar-refractivity contribution in [2.75, 3.05) is 5.32 Å². The molecule has 0 aliphatic rings. The fourth-order valence-corrected chi connectivity index (χ4v) is 2.12. The van der Waals surface area contributed by atoms with Crippen molar-refractivity contribution in [3.05, 3.63) is 41.6 Å². The van der Waals surface area contributed by atoms with Crippen molar-refractivity contribution >= 4 is 22.5 Å². The molecule has 0 radical (unpaired) electrons. The van der Waals surface area contributed by atoms with Gasteiger partial charge in [0.15, 0.2) is 23.1 Å². The quantitative estimate of drug-likeness (QED) is 0.738. The highest BCUT2D eigenvalue weighted by Crippen LogP contribution is 2.27. The minimum atomic E-state index is -1.53. The van der Waals surface area contributed by atoms with Gasteiger partial charge in [0.1, 0.15) is 12.1 Å². The second kappa shape index (κ2) is 4.72. The molecular formula is C13H10F3N5. The van der Waals surface area contributed by atoms with E-state index in [9.17, 15) is 13.2 Å². The van der Waals surface area contributed by atoms with Crippen LogP contribution in [0.1, 0.15) is 5.69 Å². The number of aryl methyl sites for hydroxylation is 2. The van der Waals surface area contributed by atoms with Gasteiger partial charge in [-0.15, -0.1) is 0 Å². The van der Waals surface area contributed by atoms with Crippen LogP contribution in [0.4, 0.5) is 24.7 Å². The van der Waals surface area contributed by atoms with E-state index in [1.807, 2.05) is 0 Å². The first-order chi connectivity index (χ1) is 9.99. The molecule has 0 fully saturated rings. The zero-order valence-electron chi connectivity index (χ0n) is 11.2. The SMILES string of the molecule is Cc1nn(C)c2ncnc(Nc3ccc(F)c(F)c3F)c12. The van der Waals surface area contributed by atoms with Crippen molar-refractivity contribution in [2.45, 2.75) is 6.92 Å². The van der Waals surface area contributed by atoms with E-state index in [-0.39, 0.29) is 11.5 Å². The van der Waals surface area contributed by atoms with Gasteiger partial charge < -0.3 is 5.32 Å². The summed E-state index contributed by atoms with van der Waals surface area (Å²) in [5.41, 5.74) is 0.976. The Morgan fingerprint density at radius 2 is 1.86 bits per heavy atom. The van der Waals surface area contributed by atoms with Crippen LogP contribution in [0.3, 0.4) is 0 Å². The smallest absolute Gasteiger partial charge is 0.196 e. The molecule has 5 nitrogen and oxygen atoms in total. The minimum absolute atomic E-state index is 0.211. The largest absolute Gasteiger partial charge is 0.337 e. The summed E-state index contributed by atoms with van der Waals surface area (Å²) >= 11 is 0. The summed E-state index contributed by atoms with van der Waals surface area (Å²) in [6.45, 7) is 1.75. The fourth-order valence-electron chi connectivity index (χ4n) is 2.12. The van der Waals surface area contributed by atoms with Gasteiger partial charge in [-0.25, -0.2) is 23.1 Å². The molecule has 3 aromatic rings. The van der Waals surface area contributed by atoms with Crippen LogP contribution in [-0.2, 0) is 7.05 Å². The number of nitrogens with zero attached hydrogens (tertiary/aromatic N) is 4. The number of fused-ring (bicyclic) bond motifs is 1. The topological polar surface area (TPSA) is 55.6 Å². The van der Waals surface area contributed by atoms with Crippen LogP contribution in [0.5, 0.6) is 0 Å². The van der Waals surface area contributed by atoms with E-state index in [1.54, 1.807) is 18.7 Å². The van der Waals surface area contributed by atoms with Gasteiger partial charge in [-0.2, -0.15) is 5.10 Å². The number of anilines is 2. The number of hydrogen-bond acceptors (Lipinski definition) is 4. The molecule has 0 unspecified atom stereocenters. The average molecular weight is 293 g/mol. The third kappa shape index (κ3) is 2.08. The lowest BCUT2D eigenvalue weighted by molar-refractivity contribution is 0.449. The Kier molecular flexibility index (Phi) is 3.00. The Hall–Kier alpha value is -2.64. The van der Waals surface area contributed by atoms with Gasteiger partial charge >= 0.3 is 0 Å². The van der Waals surface area contributed by atoms with Crippen LogP contribution in [0.2, 0.25) is 0 Å². The number of nitrogens with one attached hydrogen (secondary N) is 1. The Balaban J connectivity index is 2.13. The van der Waals surface area contributed by atoms with E-state index in [2.05, 4.69) is 20.4 Å². The molecule has 108 valence electrons. The molecule has 21 heavy (non-hydrogen) atoms. The van der Waals surface area contributed by atoms with E-state index in [0.717, 1.165) is 12.1 Å². The van der Waals surface area contributed by atoms with Gasteiger partial charge in [-0.3, -0.25) is 4.68 Å². The Bertz CT molecular complexity index is 843. The standard InChI is InChI=1S/C13H10F3N5/c1-6-9-12(17-5-18-13(9)21(2)20-6)19-8-4-3-7(14)10(15)11(8)16/h3-5H,1-2H3,(H,17,18,19). The second-order valence-electron chi connectivity index (χ2n) is 4.48. The van der Waals surface area contributed by atoms with Crippen molar-refractivity contribution in [1.82, 2.24) is 19.7 Å². The molecule has 8 heteroatoms. The zero-order valence-corrected chi connectivity index (χ0v) is 11.2. The van der Waals surface area contributed by atoms with E-state index in [4.69, 9.17) is 0 Å². The van der Waals surface area contributed by atoms with Gasteiger partial charge in [0.2, 0.25) is 0 Å². The molecule has 0 aliphatic carbocycles. The first-order valence-electron chi connectivity index (χ1n) is 6.04. The van der Waals surface area contributed by atoms with Crippen LogP contribution in [0, 0.1) is 24.4 Å². The molecule has 0 atom stereocenters. The van der Waals surface area contributed by atoms with Gasteiger partial charge in [-0.05, 0) is 19.1 Å². The number of hydrogen-bond donors (Lipinski definition) is 1. The lowest BCUT2D eigenvalue weighted by atomic mass is 10.2. The van der Waals surface area contributed by atoms with Crippen LogP contribution < -0.4 is 5.32 Å². The lowest BCUT2D eigenvalue weighted by Crippen LogP contribution is -2.01. The van der Waals surface area contributed by atoms with E-state index >= 15 is 0 Å². The number of aromatic nitrogens is 4. The van der Waals surface area contributed by atoms with Gasteiger partial charge in [0.25, 0.3) is 0 Å². The van der Waals surface area contributed by atoms with Gasteiger partial charge in [-0.1, -0.05) is 0 Å². The molecule has 0 amide bonds. The summed E-state index contributed by atoms with van der Waals surface area (Å²) in [7, 11) is 1.71.